The van der Waals surface area contributed by atoms with Gasteiger partial charge < -0.3 is 20.9 Å². The summed E-state index contributed by atoms with van der Waals surface area (Å²) < 4.78 is 1.93. The molecule has 4 N–H and O–H groups in total. The lowest BCUT2D eigenvalue weighted by molar-refractivity contribution is -0.137. The number of hydrogen-bond acceptors (Lipinski definition) is 6. The van der Waals surface area contributed by atoms with Crippen molar-refractivity contribution in [3.05, 3.63) is 29.2 Å². The quantitative estimate of drug-likeness (QED) is 0.561. The molecule has 2 amide bonds. The molecule has 1 saturated heterocycles. The lowest BCUT2D eigenvalue weighted by Gasteiger charge is -2.38. The number of carbonyl (C=O) groups excluding carboxylic acids is 2. The van der Waals surface area contributed by atoms with Crippen LogP contribution in [0.3, 0.4) is 0 Å². The molecule has 3 aromatic rings. The van der Waals surface area contributed by atoms with Crippen LogP contribution >= 0.6 is 0 Å². The number of likely N-dealkylation sites (tertiary alicyclic amines) is 1. The number of fused-ring (bicyclic) bond motifs is 2. The first-order valence-electron chi connectivity index (χ1n) is 10.7. The summed E-state index contributed by atoms with van der Waals surface area (Å²) in [6.45, 7) is 2.72. The number of nitrogens with zero attached hydrogens (tertiary/aromatic N) is 5. The van der Waals surface area contributed by atoms with Crippen molar-refractivity contribution < 1.29 is 9.59 Å². The van der Waals surface area contributed by atoms with Crippen LogP contribution in [-0.2, 0) is 24.7 Å². The van der Waals surface area contributed by atoms with E-state index in [0.717, 1.165) is 25.0 Å². The Morgan fingerprint density at radius 1 is 1.29 bits per heavy atom. The monoisotopic (exact) mass is 422 g/mol. The first kappa shape index (κ1) is 19.7. The number of nitrogens with one attached hydrogen (secondary N) is 2. The van der Waals surface area contributed by atoms with Crippen LogP contribution in [0.5, 0.6) is 0 Å². The van der Waals surface area contributed by atoms with Gasteiger partial charge in [-0.05, 0) is 32.6 Å². The van der Waals surface area contributed by atoms with E-state index in [9.17, 15) is 9.59 Å². The minimum Gasteiger partial charge on any atom is -0.344 e. The average molecular weight is 422 g/mol. The Balaban J connectivity index is 1.42. The SMILES string of the molecule is C[C@@H](NC(=O)c1c[nH]c2ncc(-c3nn(C)c4c3CCCC4)nc12)C(=O)N1CC(N)C1. The Morgan fingerprint density at radius 2 is 2.06 bits per heavy atom. The molecular formula is C21H26N8O2. The van der Waals surface area contributed by atoms with Gasteiger partial charge in [0.2, 0.25) is 5.91 Å². The maximum Gasteiger partial charge on any atom is 0.255 e. The van der Waals surface area contributed by atoms with Crippen molar-refractivity contribution >= 4 is 23.0 Å². The largest absolute Gasteiger partial charge is 0.344 e. The Labute approximate surface area is 179 Å². The highest BCUT2D eigenvalue weighted by Crippen LogP contribution is 2.30. The zero-order chi connectivity index (χ0) is 21.7. The van der Waals surface area contributed by atoms with E-state index in [0.29, 0.717) is 35.5 Å². The fourth-order valence-electron chi connectivity index (χ4n) is 4.46. The number of nitrogens with two attached hydrogens (primary N) is 1. The number of rotatable bonds is 4. The van der Waals surface area contributed by atoms with Gasteiger partial charge in [-0.1, -0.05) is 0 Å². The summed E-state index contributed by atoms with van der Waals surface area (Å²) in [6.07, 6.45) is 7.55. The molecule has 162 valence electrons. The van der Waals surface area contributed by atoms with Crippen LogP contribution in [-0.4, -0.2) is 66.6 Å². The molecule has 0 aromatic carbocycles. The standard InChI is InChI=1S/C21H26N8O2/c1-11(21(31)29-9-12(22)10-29)25-20(30)14-7-23-19-18(14)26-15(8-24-19)17-13-5-3-4-6-16(13)28(2)27-17/h7-8,11-12H,3-6,9-10,22H2,1-2H3,(H,23,24)(H,25,30)/t11-/m1/s1. The van der Waals surface area contributed by atoms with Crippen molar-refractivity contribution in [1.29, 1.82) is 0 Å². The molecule has 10 heteroatoms. The van der Waals surface area contributed by atoms with E-state index in [-0.39, 0.29) is 17.9 Å². The first-order valence-corrected chi connectivity index (χ1v) is 10.7. The number of H-pyrrole nitrogens is 1. The van der Waals surface area contributed by atoms with E-state index in [2.05, 4.69) is 20.4 Å². The molecule has 0 spiro atoms. The maximum absolute atomic E-state index is 12.9. The second kappa shape index (κ2) is 7.45. The number of aromatic amines is 1. The summed E-state index contributed by atoms with van der Waals surface area (Å²) in [5.74, 6) is -0.506. The van der Waals surface area contributed by atoms with Crippen molar-refractivity contribution in [2.45, 2.75) is 44.7 Å². The van der Waals surface area contributed by atoms with E-state index < -0.39 is 6.04 Å². The Bertz CT molecular complexity index is 1170. The van der Waals surface area contributed by atoms with Crippen molar-refractivity contribution in [3.8, 4) is 11.4 Å². The minimum absolute atomic E-state index is 0.0199. The van der Waals surface area contributed by atoms with Crippen molar-refractivity contribution in [3.63, 3.8) is 0 Å². The summed E-state index contributed by atoms with van der Waals surface area (Å²) in [6, 6.07) is -0.629. The average Bonchev–Trinajstić information content (AvgIpc) is 3.32. The first-order chi connectivity index (χ1) is 14.9. The van der Waals surface area contributed by atoms with Crippen LogP contribution in [0.4, 0.5) is 0 Å². The fraction of sp³-hybridized carbons (Fsp3) is 0.476. The maximum atomic E-state index is 12.9. The van der Waals surface area contributed by atoms with E-state index >= 15 is 0 Å². The summed E-state index contributed by atoms with van der Waals surface area (Å²) in [7, 11) is 1.96. The van der Waals surface area contributed by atoms with Crippen LogP contribution < -0.4 is 11.1 Å². The van der Waals surface area contributed by atoms with Gasteiger partial charge in [-0.3, -0.25) is 14.3 Å². The van der Waals surface area contributed by atoms with E-state index in [4.69, 9.17) is 10.7 Å². The second-order valence-electron chi connectivity index (χ2n) is 8.46. The summed E-state index contributed by atoms with van der Waals surface area (Å²) in [5, 5.41) is 7.46. The summed E-state index contributed by atoms with van der Waals surface area (Å²) >= 11 is 0. The molecule has 0 unspecified atom stereocenters. The number of amides is 2. The Kier molecular flexibility index (Phi) is 4.73. The van der Waals surface area contributed by atoms with Crippen LogP contribution in [0.1, 0.15) is 41.4 Å². The predicted molar refractivity (Wildman–Crippen MR) is 114 cm³/mol. The van der Waals surface area contributed by atoms with Crippen LogP contribution in [0.2, 0.25) is 0 Å². The molecule has 1 aliphatic carbocycles. The molecule has 0 bridgehead atoms. The normalized spacial score (nSPS) is 17.3. The highest BCUT2D eigenvalue weighted by molar-refractivity contribution is 6.06. The van der Waals surface area contributed by atoms with Gasteiger partial charge in [-0.2, -0.15) is 5.10 Å². The van der Waals surface area contributed by atoms with Crippen molar-refractivity contribution in [1.82, 2.24) is 34.9 Å². The molecule has 5 rings (SSSR count). The van der Waals surface area contributed by atoms with Gasteiger partial charge in [0.25, 0.3) is 5.91 Å². The van der Waals surface area contributed by atoms with Gasteiger partial charge in [0, 0.05) is 43.6 Å². The number of aryl methyl sites for hydroxylation is 1. The third-order valence-corrected chi connectivity index (χ3v) is 6.17. The third-order valence-electron chi connectivity index (χ3n) is 6.17. The third kappa shape index (κ3) is 3.36. The topological polar surface area (TPSA) is 135 Å². The molecule has 0 radical (unpaired) electrons. The van der Waals surface area contributed by atoms with Crippen LogP contribution in [0, 0.1) is 0 Å². The van der Waals surface area contributed by atoms with Gasteiger partial charge in [-0.15, -0.1) is 0 Å². The Morgan fingerprint density at radius 3 is 2.84 bits per heavy atom. The molecule has 1 aliphatic heterocycles. The van der Waals surface area contributed by atoms with Crippen molar-refractivity contribution in [2.75, 3.05) is 13.1 Å². The highest BCUT2D eigenvalue weighted by Gasteiger charge is 2.31. The number of hydrogen-bond donors (Lipinski definition) is 3. The molecule has 1 atom stereocenters. The van der Waals surface area contributed by atoms with Gasteiger partial charge in [-0.25, -0.2) is 9.97 Å². The zero-order valence-corrected chi connectivity index (χ0v) is 17.7. The van der Waals surface area contributed by atoms with Gasteiger partial charge in [0.15, 0.2) is 5.65 Å². The highest BCUT2D eigenvalue weighted by atomic mass is 16.2. The molecule has 0 saturated carbocycles. The molecule has 1 fully saturated rings. The number of carbonyl (C=O) groups is 2. The Hall–Kier alpha value is -3.27. The van der Waals surface area contributed by atoms with Crippen molar-refractivity contribution in [2.24, 2.45) is 12.8 Å². The van der Waals surface area contributed by atoms with Gasteiger partial charge in [0.1, 0.15) is 22.9 Å². The molecule has 2 aliphatic rings. The van der Waals surface area contributed by atoms with E-state index in [1.54, 1.807) is 24.2 Å². The van der Waals surface area contributed by atoms with Crippen LogP contribution in [0.25, 0.3) is 22.6 Å². The lowest BCUT2D eigenvalue weighted by Crippen LogP contribution is -2.61. The minimum atomic E-state index is -0.649. The number of aromatic nitrogens is 5. The molecular weight excluding hydrogens is 396 g/mol. The molecule has 31 heavy (non-hydrogen) atoms. The predicted octanol–water partition coefficient (Wildman–Crippen LogP) is 0.525. The zero-order valence-electron chi connectivity index (χ0n) is 17.7. The molecule has 4 heterocycles. The molecule has 10 nitrogen and oxygen atoms in total. The van der Waals surface area contributed by atoms with Gasteiger partial charge in [0.05, 0.1) is 11.8 Å². The summed E-state index contributed by atoms with van der Waals surface area (Å²) in [4.78, 5) is 39.2. The fourth-order valence-corrected chi connectivity index (χ4v) is 4.46. The van der Waals surface area contributed by atoms with Crippen LogP contribution in [0.15, 0.2) is 12.4 Å². The smallest absolute Gasteiger partial charge is 0.255 e. The summed E-state index contributed by atoms with van der Waals surface area (Å²) in [5.41, 5.74) is 11.0. The molecule has 3 aromatic heterocycles. The van der Waals surface area contributed by atoms with E-state index in [1.165, 1.54) is 17.7 Å². The second-order valence-corrected chi connectivity index (χ2v) is 8.46. The van der Waals surface area contributed by atoms with Gasteiger partial charge >= 0.3 is 0 Å². The lowest BCUT2D eigenvalue weighted by atomic mass is 9.95. The van der Waals surface area contributed by atoms with E-state index in [1.807, 2.05) is 11.7 Å².